The molecule has 0 aliphatic carbocycles. The topological polar surface area (TPSA) is 34.1 Å². The van der Waals surface area contributed by atoms with Crippen LogP contribution in [0.5, 0.6) is 0 Å². The Morgan fingerprint density at radius 2 is 2.05 bits per heavy atom. The van der Waals surface area contributed by atoms with Gasteiger partial charge in [0.25, 0.3) is 0 Å². The predicted molar refractivity (Wildman–Crippen MR) is 86.0 cm³/mol. The fraction of sp³-hybridized carbons (Fsp3) is 0.231. The lowest BCUT2D eigenvalue weighted by atomic mass is 10.2. The van der Waals surface area contributed by atoms with E-state index in [0.717, 1.165) is 10.5 Å². The van der Waals surface area contributed by atoms with Crippen molar-refractivity contribution in [3.05, 3.63) is 45.3 Å². The Morgan fingerprint density at radius 1 is 1.25 bits per heavy atom. The zero-order valence-corrected chi connectivity index (χ0v) is 14.1. The Labute approximate surface area is 136 Å². The van der Waals surface area contributed by atoms with E-state index in [4.69, 9.17) is 23.2 Å². The number of hydrogen-bond acceptors (Lipinski definition) is 4. The minimum Gasteiger partial charge on any atom is -0.223 e. The van der Waals surface area contributed by atoms with Crippen LogP contribution in [0.25, 0.3) is 0 Å². The largest absolute Gasteiger partial charge is 0.223 e. The first-order valence-electron chi connectivity index (χ1n) is 5.89. The van der Waals surface area contributed by atoms with Crippen molar-refractivity contribution in [1.29, 1.82) is 0 Å². The summed E-state index contributed by atoms with van der Waals surface area (Å²) >= 11 is 15.0. The molecule has 0 amide bonds. The summed E-state index contributed by atoms with van der Waals surface area (Å²) in [5.74, 6) is 0.198. The Kier molecular flexibility index (Phi) is 4.08. The van der Waals surface area contributed by atoms with Crippen molar-refractivity contribution in [1.82, 2.24) is 0 Å². The van der Waals surface area contributed by atoms with Crippen molar-refractivity contribution in [3.63, 3.8) is 0 Å². The van der Waals surface area contributed by atoms with Crippen LogP contribution < -0.4 is 0 Å². The summed E-state index contributed by atoms with van der Waals surface area (Å²) in [6, 6.07) is 7.28. The van der Waals surface area contributed by atoms with Crippen LogP contribution in [0, 0.1) is 0 Å². The quantitative estimate of drug-likeness (QED) is 0.746. The lowest BCUT2D eigenvalue weighted by Crippen LogP contribution is -2.16. The van der Waals surface area contributed by atoms with Crippen molar-refractivity contribution >= 4 is 56.1 Å². The van der Waals surface area contributed by atoms with Crippen LogP contribution in [0.4, 0.5) is 0 Å². The van der Waals surface area contributed by atoms with Gasteiger partial charge in [-0.25, -0.2) is 8.42 Å². The first-order chi connectivity index (χ1) is 9.47. The fourth-order valence-electron chi connectivity index (χ4n) is 2.15. The predicted octanol–water partition coefficient (Wildman–Crippen LogP) is 5.07. The molecule has 20 heavy (non-hydrogen) atoms. The molecule has 2 aromatic rings. The van der Waals surface area contributed by atoms with Crippen molar-refractivity contribution < 1.29 is 8.42 Å². The van der Waals surface area contributed by atoms with Crippen LogP contribution in [-0.4, -0.2) is 14.2 Å². The van der Waals surface area contributed by atoms with Gasteiger partial charge < -0.3 is 0 Å². The van der Waals surface area contributed by atoms with Crippen LogP contribution in [-0.2, 0) is 9.84 Å². The molecule has 0 N–H and O–H groups in total. The molecule has 0 fully saturated rings. The van der Waals surface area contributed by atoms with Crippen LogP contribution in [0.1, 0.15) is 17.2 Å². The maximum absolute atomic E-state index is 12.0. The third kappa shape index (κ3) is 2.74. The van der Waals surface area contributed by atoms with Crippen molar-refractivity contribution in [3.8, 4) is 0 Å². The summed E-state index contributed by atoms with van der Waals surface area (Å²) in [6.07, 6.45) is 0.607. The van der Waals surface area contributed by atoms with Gasteiger partial charge in [0.05, 0.1) is 10.8 Å². The summed E-state index contributed by atoms with van der Waals surface area (Å²) in [4.78, 5) is 0.928. The molecule has 2 nitrogen and oxygen atoms in total. The van der Waals surface area contributed by atoms with E-state index in [1.54, 1.807) is 23.9 Å². The first-order valence-corrected chi connectivity index (χ1v) is 10.1. The summed E-state index contributed by atoms with van der Waals surface area (Å²) in [6.45, 7) is 0. The van der Waals surface area contributed by atoms with E-state index in [9.17, 15) is 8.42 Å². The van der Waals surface area contributed by atoms with Crippen molar-refractivity contribution in [2.24, 2.45) is 0 Å². The molecule has 0 unspecified atom stereocenters. The lowest BCUT2D eigenvalue weighted by Gasteiger charge is -2.22. The molecule has 106 valence electrons. The van der Waals surface area contributed by atoms with Gasteiger partial charge >= 0.3 is 0 Å². The maximum atomic E-state index is 12.0. The van der Waals surface area contributed by atoms with Gasteiger partial charge in [-0.05, 0) is 41.6 Å². The molecule has 1 aromatic carbocycles. The molecule has 1 aliphatic rings. The highest BCUT2D eigenvalue weighted by Gasteiger charge is 2.32. The van der Waals surface area contributed by atoms with Gasteiger partial charge in [0.15, 0.2) is 9.84 Å². The molecular formula is C13H10Cl2O2S3. The van der Waals surface area contributed by atoms with E-state index < -0.39 is 9.84 Å². The van der Waals surface area contributed by atoms with Gasteiger partial charge in [0, 0.05) is 15.2 Å². The number of halogens is 2. The average molecular weight is 365 g/mol. The van der Waals surface area contributed by atoms with E-state index in [-0.39, 0.29) is 11.0 Å². The minimum absolute atomic E-state index is 0.124. The molecule has 1 aliphatic heterocycles. The van der Waals surface area contributed by atoms with E-state index in [2.05, 4.69) is 0 Å². The molecule has 7 heteroatoms. The zero-order valence-electron chi connectivity index (χ0n) is 10.2. The highest BCUT2D eigenvalue weighted by atomic mass is 35.5. The molecule has 1 atom stereocenters. The smallest absolute Gasteiger partial charge is 0.188 e. The van der Waals surface area contributed by atoms with Crippen LogP contribution in [0.3, 0.4) is 0 Å². The Bertz CT molecular complexity index is 753. The minimum atomic E-state index is -3.09. The van der Waals surface area contributed by atoms with Gasteiger partial charge in [-0.15, -0.1) is 23.1 Å². The standard InChI is InChI=1S/C13H10Cl2O2S3/c14-8-1-2-12(10(15)7-8)19-11-4-6-20(16,17)13-9(11)3-5-18-13/h1-3,5,7,11H,4,6H2/t11-/m1/s1. The van der Waals surface area contributed by atoms with Gasteiger partial charge in [-0.1, -0.05) is 23.2 Å². The van der Waals surface area contributed by atoms with Crippen molar-refractivity contribution in [2.45, 2.75) is 20.8 Å². The number of fused-ring (bicyclic) bond motifs is 1. The number of hydrogen-bond donors (Lipinski definition) is 0. The van der Waals surface area contributed by atoms with E-state index in [1.165, 1.54) is 11.3 Å². The summed E-state index contributed by atoms with van der Waals surface area (Å²) in [5, 5.41) is 3.16. The van der Waals surface area contributed by atoms with Crippen LogP contribution in [0.15, 0.2) is 38.8 Å². The van der Waals surface area contributed by atoms with E-state index >= 15 is 0 Å². The summed E-state index contributed by atoms with van der Waals surface area (Å²) < 4.78 is 24.5. The second kappa shape index (κ2) is 5.54. The number of benzene rings is 1. The summed E-state index contributed by atoms with van der Waals surface area (Å²) in [5.41, 5.74) is 0.900. The Balaban J connectivity index is 1.94. The molecule has 3 rings (SSSR count). The Morgan fingerprint density at radius 3 is 2.80 bits per heavy atom. The first kappa shape index (κ1) is 14.7. The lowest BCUT2D eigenvalue weighted by molar-refractivity contribution is 0.588. The molecule has 0 saturated carbocycles. The van der Waals surface area contributed by atoms with Gasteiger partial charge in [0.2, 0.25) is 0 Å². The van der Waals surface area contributed by atoms with Gasteiger partial charge in [-0.2, -0.15) is 0 Å². The maximum Gasteiger partial charge on any atom is 0.188 e. The second-order valence-corrected chi connectivity index (χ2v) is 9.76. The number of sulfone groups is 1. The van der Waals surface area contributed by atoms with E-state index in [1.807, 2.05) is 17.5 Å². The van der Waals surface area contributed by atoms with Crippen LogP contribution >= 0.6 is 46.3 Å². The molecule has 1 aromatic heterocycles. The SMILES string of the molecule is O=S1(=O)CC[C@@H](Sc2ccc(Cl)cc2Cl)c2ccsc21. The molecule has 2 heterocycles. The average Bonchev–Trinajstić information content (AvgIpc) is 2.86. The molecule has 0 bridgehead atoms. The Hall–Kier alpha value is -0.200. The zero-order chi connectivity index (χ0) is 14.3. The number of thioether (sulfide) groups is 1. The normalized spacial score (nSPS) is 20.6. The van der Waals surface area contributed by atoms with Gasteiger partial charge in [0.1, 0.15) is 4.21 Å². The molecular weight excluding hydrogens is 355 g/mol. The van der Waals surface area contributed by atoms with Crippen LogP contribution in [0.2, 0.25) is 10.0 Å². The third-order valence-electron chi connectivity index (χ3n) is 3.10. The molecule has 0 saturated heterocycles. The molecule has 0 spiro atoms. The highest BCUT2D eigenvalue weighted by Crippen LogP contribution is 2.47. The number of rotatable bonds is 2. The second-order valence-electron chi connectivity index (χ2n) is 4.45. The monoisotopic (exact) mass is 364 g/mol. The third-order valence-corrected chi connectivity index (χ3v) is 8.49. The highest BCUT2D eigenvalue weighted by molar-refractivity contribution is 8.00. The van der Waals surface area contributed by atoms with Crippen molar-refractivity contribution in [2.75, 3.05) is 5.75 Å². The number of thiophene rings is 1. The van der Waals surface area contributed by atoms with Gasteiger partial charge in [-0.3, -0.25) is 0 Å². The summed E-state index contributed by atoms with van der Waals surface area (Å²) in [7, 11) is -3.09. The molecule has 0 radical (unpaired) electrons. The van der Waals surface area contributed by atoms with E-state index in [0.29, 0.717) is 20.7 Å². The fourth-order valence-corrected chi connectivity index (χ4v) is 7.17.